The molecule has 1 aliphatic rings. The lowest BCUT2D eigenvalue weighted by atomic mass is 10.1. The number of aromatic nitrogens is 2. The Morgan fingerprint density at radius 1 is 1.24 bits per heavy atom. The van der Waals surface area contributed by atoms with Crippen molar-refractivity contribution in [2.45, 2.75) is 83.3 Å². The Hall–Kier alpha value is -1.83. The summed E-state index contributed by atoms with van der Waals surface area (Å²) in [4.78, 5) is 37.3. The number of carbonyl (C=O) groups is 1. The molecule has 0 aromatic carbocycles. The highest BCUT2D eigenvalue weighted by molar-refractivity contribution is 6.76. The summed E-state index contributed by atoms with van der Waals surface area (Å²) in [6.45, 7) is 10.9. The van der Waals surface area contributed by atoms with E-state index >= 15 is 0 Å². The van der Waals surface area contributed by atoms with E-state index in [1.165, 1.54) is 12.3 Å². The van der Waals surface area contributed by atoms with Crippen molar-refractivity contribution in [3.8, 4) is 0 Å². The van der Waals surface area contributed by atoms with E-state index in [4.69, 9.17) is 18.9 Å². The van der Waals surface area contributed by atoms with Crippen LogP contribution in [0.5, 0.6) is 0 Å². The van der Waals surface area contributed by atoms with Crippen molar-refractivity contribution >= 4 is 14.0 Å². The molecular formula is C21H36N2O9Si. The number of hydrogen-bond acceptors (Lipinski definition) is 9. The van der Waals surface area contributed by atoms with E-state index in [1.54, 1.807) is 20.8 Å². The Kier molecular flexibility index (Phi) is 9.19. The van der Waals surface area contributed by atoms with E-state index < -0.39 is 68.6 Å². The zero-order valence-electron chi connectivity index (χ0n) is 20.1. The van der Waals surface area contributed by atoms with Crippen LogP contribution in [0.3, 0.4) is 0 Å². The van der Waals surface area contributed by atoms with Crippen LogP contribution in [0.2, 0.25) is 25.7 Å². The normalized spacial score (nSPS) is 23.6. The number of rotatable bonds is 10. The minimum absolute atomic E-state index is 0.231. The van der Waals surface area contributed by atoms with E-state index in [2.05, 4.69) is 19.6 Å². The zero-order valence-corrected chi connectivity index (χ0v) is 21.1. The number of hydrogen-bond donors (Lipinski definition) is 2. The zero-order chi connectivity index (χ0) is 25.0. The Balaban J connectivity index is 2.21. The topological polar surface area (TPSA) is 138 Å². The molecule has 1 fully saturated rings. The van der Waals surface area contributed by atoms with E-state index in [9.17, 15) is 24.6 Å². The molecule has 11 nitrogen and oxygen atoms in total. The van der Waals surface area contributed by atoms with Gasteiger partial charge in [-0.1, -0.05) is 19.6 Å². The summed E-state index contributed by atoms with van der Waals surface area (Å²) < 4.78 is 23.9. The van der Waals surface area contributed by atoms with Gasteiger partial charge in [-0.05, 0) is 26.8 Å². The quantitative estimate of drug-likeness (QED) is 0.270. The van der Waals surface area contributed by atoms with Crippen molar-refractivity contribution in [2.75, 3.05) is 19.8 Å². The van der Waals surface area contributed by atoms with Gasteiger partial charge in [0, 0.05) is 26.9 Å². The van der Waals surface area contributed by atoms with Gasteiger partial charge in [-0.15, -0.1) is 0 Å². The van der Waals surface area contributed by atoms with Gasteiger partial charge in [0.1, 0.15) is 37.3 Å². The monoisotopic (exact) mass is 488 g/mol. The molecule has 0 spiro atoms. The summed E-state index contributed by atoms with van der Waals surface area (Å²) in [7, 11) is -1.34. The first-order valence-electron chi connectivity index (χ1n) is 10.9. The van der Waals surface area contributed by atoms with Gasteiger partial charge in [-0.3, -0.25) is 9.36 Å². The molecule has 0 radical (unpaired) electrons. The third-order valence-electron chi connectivity index (χ3n) is 4.89. The molecule has 1 aliphatic heterocycles. The standard InChI is InChI=1S/C21H36N2O9Si/c1-21(2,3)32-16(26)12-30-18-17(27)14(11-24)31-19(18)22-8-7-15(25)23(20(22)28)13-29-9-10-33(4,5)6/h7-8,14,17-19,24,27H,9-13H2,1-6H3/t14-,17-,18-,19?/m1/s1. The predicted molar refractivity (Wildman–Crippen MR) is 122 cm³/mol. The lowest BCUT2D eigenvalue weighted by Crippen LogP contribution is -2.44. The number of nitrogens with zero attached hydrogens (tertiary/aromatic N) is 2. The summed E-state index contributed by atoms with van der Waals surface area (Å²) >= 11 is 0. The number of carbonyl (C=O) groups excluding carboxylic acids is 1. The SMILES string of the molecule is CC(C)(C)OC(=O)CO[C@H]1C(n2ccc(=O)n(COCC[Si](C)(C)C)c2=O)O[C@H](CO)[C@H]1O. The van der Waals surface area contributed by atoms with Crippen LogP contribution in [0.15, 0.2) is 21.9 Å². The molecule has 1 saturated heterocycles. The molecule has 1 aromatic heterocycles. The maximum atomic E-state index is 13.0. The maximum absolute atomic E-state index is 13.0. The largest absolute Gasteiger partial charge is 0.458 e. The number of esters is 1. The highest BCUT2D eigenvalue weighted by atomic mass is 28.3. The molecule has 0 bridgehead atoms. The van der Waals surface area contributed by atoms with Gasteiger partial charge >= 0.3 is 11.7 Å². The lowest BCUT2D eigenvalue weighted by Gasteiger charge is -2.24. The fourth-order valence-corrected chi connectivity index (χ4v) is 3.94. The van der Waals surface area contributed by atoms with E-state index in [-0.39, 0.29) is 6.73 Å². The van der Waals surface area contributed by atoms with E-state index in [1.807, 2.05) is 0 Å². The van der Waals surface area contributed by atoms with E-state index in [0.717, 1.165) is 15.2 Å². The van der Waals surface area contributed by atoms with Crippen LogP contribution in [0.4, 0.5) is 0 Å². The molecule has 2 rings (SSSR count). The molecule has 0 aliphatic carbocycles. The summed E-state index contributed by atoms with van der Waals surface area (Å²) in [5.74, 6) is -0.658. The number of ether oxygens (including phenoxy) is 4. The summed E-state index contributed by atoms with van der Waals surface area (Å²) in [5.41, 5.74) is -2.00. The third-order valence-corrected chi connectivity index (χ3v) is 6.60. The Morgan fingerprint density at radius 2 is 1.91 bits per heavy atom. The Morgan fingerprint density at radius 3 is 2.48 bits per heavy atom. The smallest absolute Gasteiger partial charge is 0.335 e. The number of aliphatic hydroxyl groups excluding tert-OH is 2. The van der Waals surface area contributed by atoms with Crippen molar-refractivity contribution in [1.29, 1.82) is 0 Å². The molecule has 0 saturated carbocycles. The summed E-state index contributed by atoms with van der Waals surface area (Å²) in [6.07, 6.45) is -3.47. The highest BCUT2D eigenvalue weighted by Crippen LogP contribution is 2.30. The second-order valence-corrected chi connectivity index (χ2v) is 15.8. The van der Waals surface area contributed by atoms with Gasteiger partial charge in [0.25, 0.3) is 5.56 Å². The Labute approximate surface area is 193 Å². The van der Waals surface area contributed by atoms with Crippen molar-refractivity contribution < 1.29 is 34.0 Å². The molecular weight excluding hydrogens is 452 g/mol. The maximum Gasteiger partial charge on any atom is 0.335 e. The van der Waals surface area contributed by atoms with Crippen LogP contribution in [0.1, 0.15) is 27.0 Å². The molecule has 2 heterocycles. The minimum atomic E-state index is -1.34. The van der Waals surface area contributed by atoms with Crippen LogP contribution in [0, 0.1) is 0 Å². The van der Waals surface area contributed by atoms with Crippen LogP contribution >= 0.6 is 0 Å². The fraction of sp³-hybridized carbons (Fsp3) is 0.762. The average Bonchev–Trinajstić information content (AvgIpc) is 2.99. The van der Waals surface area contributed by atoms with Gasteiger partial charge in [-0.25, -0.2) is 14.2 Å². The fourth-order valence-electron chi connectivity index (χ4n) is 3.19. The number of aliphatic hydroxyl groups is 2. The summed E-state index contributed by atoms with van der Waals surface area (Å²) in [6, 6.07) is 2.05. The van der Waals surface area contributed by atoms with Gasteiger partial charge in [0.2, 0.25) is 0 Å². The van der Waals surface area contributed by atoms with Crippen LogP contribution in [-0.4, -0.2) is 77.1 Å². The van der Waals surface area contributed by atoms with Gasteiger partial charge in [0.05, 0.1) is 6.61 Å². The molecule has 12 heteroatoms. The summed E-state index contributed by atoms with van der Waals surface area (Å²) in [5, 5.41) is 20.1. The van der Waals surface area contributed by atoms with Gasteiger partial charge in [0.15, 0.2) is 6.23 Å². The lowest BCUT2D eigenvalue weighted by molar-refractivity contribution is -0.166. The molecule has 2 N–H and O–H groups in total. The van der Waals surface area contributed by atoms with Crippen LogP contribution < -0.4 is 11.2 Å². The molecule has 1 unspecified atom stereocenters. The first kappa shape index (κ1) is 27.4. The van der Waals surface area contributed by atoms with Crippen molar-refractivity contribution in [1.82, 2.24) is 9.13 Å². The molecule has 4 atom stereocenters. The first-order chi connectivity index (χ1) is 15.2. The van der Waals surface area contributed by atoms with Crippen LogP contribution in [-0.2, 0) is 30.5 Å². The van der Waals surface area contributed by atoms with Gasteiger partial charge in [-0.2, -0.15) is 0 Å². The second-order valence-electron chi connectivity index (χ2n) is 10.2. The van der Waals surface area contributed by atoms with E-state index in [0.29, 0.717) is 6.61 Å². The average molecular weight is 489 g/mol. The van der Waals surface area contributed by atoms with Crippen molar-refractivity contribution in [3.05, 3.63) is 33.1 Å². The predicted octanol–water partition coefficient (Wildman–Crippen LogP) is 0.300. The van der Waals surface area contributed by atoms with Crippen molar-refractivity contribution in [3.63, 3.8) is 0 Å². The first-order valence-corrected chi connectivity index (χ1v) is 14.6. The Bertz CT molecular complexity index is 916. The minimum Gasteiger partial charge on any atom is -0.458 e. The molecule has 1 aromatic rings. The van der Waals surface area contributed by atoms with Crippen LogP contribution in [0.25, 0.3) is 0 Å². The highest BCUT2D eigenvalue weighted by Gasteiger charge is 2.46. The molecule has 188 valence electrons. The van der Waals surface area contributed by atoms with Crippen molar-refractivity contribution in [2.24, 2.45) is 0 Å². The second kappa shape index (κ2) is 11.1. The third kappa shape index (κ3) is 7.86. The molecule has 0 amide bonds. The van der Waals surface area contributed by atoms with Gasteiger partial charge < -0.3 is 29.2 Å². The molecule has 33 heavy (non-hydrogen) atoms.